The molecule has 1 aromatic heterocycles. The molecule has 1 aromatic rings. The maximum absolute atomic E-state index is 4.45. The maximum atomic E-state index is 4.45. The number of nitrogens with zero attached hydrogens (tertiary/aromatic N) is 3. The fourth-order valence-corrected chi connectivity index (χ4v) is 2.97. The molecule has 2 heterocycles. The van der Waals surface area contributed by atoms with Gasteiger partial charge >= 0.3 is 0 Å². The molecular formula is C17H30N4. The van der Waals surface area contributed by atoms with Crippen LogP contribution < -0.4 is 10.2 Å². The molecular weight excluding hydrogens is 260 g/mol. The van der Waals surface area contributed by atoms with Crippen LogP contribution in [-0.2, 0) is 0 Å². The number of pyridine rings is 1. The van der Waals surface area contributed by atoms with Gasteiger partial charge in [0.2, 0.25) is 0 Å². The molecule has 4 nitrogen and oxygen atoms in total. The lowest BCUT2D eigenvalue weighted by atomic mass is 9.84. The standard InChI is InChI=1S/C17H30N4/c1-5-18-15(2)17(3,4)14-20-10-12-21(13-11-20)16-8-6-7-9-19-16/h6-9,15,18H,5,10-14H2,1-4H3. The highest BCUT2D eigenvalue weighted by Gasteiger charge is 2.29. The highest BCUT2D eigenvalue weighted by atomic mass is 15.3. The summed E-state index contributed by atoms with van der Waals surface area (Å²) in [6, 6.07) is 6.68. The third-order valence-electron chi connectivity index (χ3n) is 4.66. The highest BCUT2D eigenvalue weighted by Crippen LogP contribution is 2.23. The molecule has 1 aliphatic heterocycles. The number of aromatic nitrogens is 1. The lowest BCUT2D eigenvalue weighted by Crippen LogP contribution is -2.52. The van der Waals surface area contributed by atoms with Gasteiger partial charge in [-0.25, -0.2) is 4.98 Å². The Morgan fingerprint density at radius 1 is 1.24 bits per heavy atom. The average molecular weight is 290 g/mol. The van der Waals surface area contributed by atoms with E-state index in [4.69, 9.17) is 0 Å². The zero-order valence-corrected chi connectivity index (χ0v) is 14.0. The van der Waals surface area contributed by atoms with Crippen molar-refractivity contribution in [2.24, 2.45) is 5.41 Å². The van der Waals surface area contributed by atoms with E-state index in [2.05, 4.69) is 59.9 Å². The predicted molar refractivity (Wildman–Crippen MR) is 89.8 cm³/mol. The summed E-state index contributed by atoms with van der Waals surface area (Å²) in [4.78, 5) is 9.43. The minimum absolute atomic E-state index is 0.295. The van der Waals surface area contributed by atoms with Crippen LogP contribution in [0.1, 0.15) is 27.7 Å². The van der Waals surface area contributed by atoms with Gasteiger partial charge in [-0.05, 0) is 31.0 Å². The largest absolute Gasteiger partial charge is 0.354 e. The molecule has 0 bridgehead atoms. The van der Waals surface area contributed by atoms with Gasteiger partial charge < -0.3 is 10.2 Å². The molecule has 21 heavy (non-hydrogen) atoms. The van der Waals surface area contributed by atoms with Gasteiger partial charge in [-0.3, -0.25) is 4.90 Å². The third kappa shape index (κ3) is 4.42. The van der Waals surface area contributed by atoms with Crippen molar-refractivity contribution < 1.29 is 0 Å². The predicted octanol–water partition coefficient (Wildman–Crippen LogP) is 2.23. The van der Waals surface area contributed by atoms with Crippen LogP contribution in [0.4, 0.5) is 5.82 Å². The average Bonchev–Trinajstić information content (AvgIpc) is 2.49. The third-order valence-corrected chi connectivity index (χ3v) is 4.66. The van der Waals surface area contributed by atoms with E-state index < -0.39 is 0 Å². The van der Waals surface area contributed by atoms with Crippen molar-refractivity contribution in [3.8, 4) is 0 Å². The minimum atomic E-state index is 0.295. The Balaban J connectivity index is 1.84. The Morgan fingerprint density at radius 3 is 2.52 bits per heavy atom. The van der Waals surface area contributed by atoms with E-state index >= 15 is 0 Å². The molecule has 0 amide bonds. The van der Waals surface area contributed by atoms with Crippen LogP contribution in [0.25, 0.3) is 0 Å². The Morgan fingerprint density at radius 2 is 1.95 bits per heavy atom. The van der Waals surface area contributed by atoms with Gasteiger partial charge in [0.1, 0.15) is 5.82 Å². The molecule has 2 rings (SSSR count). The molecule has 1 atom stereocenters. The summed E-state index contributed by atoms with van der Waals surface area (Å²) in [6.45, 7) is 15.8. The van der Waals surface area contributed by atoms with Crippen molar-refractivity contribution in [1.29, 1.82) is 0 Å². The second-order valence-corrected chi connectivity index (χ2v) is 6.72. The molecule has 0 aliphatic carbocycles. The number of piperazine rings is 1. The van der Waals surface area contributed by atoms with E-state index in [0.29, 0.717) is 11.5 Å². The smallest absolute Gasteiger partial charge is 0.128 e. The SMILES string of the molecule is CCNC(C)C(C)(C)CN1CCN(c2ccccn2)CC1. The van der Waals surface area contributed by atoms with Gasteiger partial charge in [-0.2, -0.15) is 0 Å². The zero-order chi connectivity index (χ0) is 15.3. The number of rotatable bonds is 6. The topological polar surface area (TPSA) is 31.4 Å². The van der Waals surface area contributed by atoms with Gasteiger partial charge in [0.15, 0.2) is 0 Å². The number of hydrogen-bond donors (Lipinski definition) is 1. The lowest BCUT2D eigenvalue weighted by molar-refractivity contribution is 0.137. The Labute approximate surface area is 129 Å². The molecule has 0 aromatic carbocycles. The van der Waals surface area contributed by atoms with Gasteiger partial charge in [0.25, 0.3) is 0 Å². The Bertz CT molecular complexity index is 410. The van der Waals surface area contributed by atoms with E-state index in [0.717, 1.165) is 45.1 Å². The summed E-state index contributed by atoms with van der Waals surface area (Å²) in [5.41, 5.74) is 0.295. The van der Waals surface area contributed by atoms with E-state index in [1.807, 2.05) is 12.3 Å². The first-order valence-corrected chi connectivity index (χ1v) is 8.14. The quantitative estimate of drug-likeness (QED) is 0.870. The first-order valence-electron chi connectivity index (χ1n) is 8.14. The summed E-state index contributed by atoms with van der Waals surface area (Å²) in [6.07, 6.45) is 1.88. The van der Waals surface area contributed by atoms with Crippen molar-refractivity contribution in [3.05, 3.63) is 24.4 Å². The van der Waals surface area contributed by atoms with E-state index in [1.54, 1.807) is 0 Å². The fourth-order valence-electron chi connectivity index (χ4n) is 2.97. The molecule has 0 spiro atoms. The van der Waals surface area contributed by atoms with Crippen LogP contribution in [0, 0.1) is 5.41 Å². The first kappa shape index (κ1) is 16.2. The fraction of sp³-hybridized carbons (Fsp3) is 0.706. The lowest BCUT2D eigenvalue weighted by Gasteiger charge is -2.41. The van der Waals surface area contributed by atoms with Crippen molar-refractivity contribution in [2.75, 3.05) is 44.2 Å². The summed E-state index contributed by atoms with van der Waals surface area (Å²) in [5, 5.41) is 3.56. The van der Waals surface area contributed by atoms with E-state index in [9.17, 15) is 0 Å². The second-order valence-electron chi connectivity index (χ2n) is 6.72. The Kier molecular flexibility index (Phi) is 5.59. The number of nitrogens with one attached hydrogen (secondary N) is 1. The molecule has 0 saturated carbocycles. The molecule has 4 heteroatoms. The number of hydrogen-bond acceptors (Lipinski definition) is 4. The molecule has 118 valence electrons. The van der Waals surface area contributed by atoms with Crippen molar-refractivity contribution in [1.82, 2.24) is 15.2 Å². The van der Waals surface area contributed by atoms with Crippen molar-refractivity contribution in [2.45, 2.75) is 33.7 Å². The van der Waals surface area contributed by atoms with Crippen LogP contribution in [0.15, 0.2) is 24.4 Å². The van der Waals surface area contributed by atoms with Crippen LogP contribution in [0.2, 0.25) is 0 Å². The van der Waals surface area contributed by atoms with Crippen LogP contribution in [-0.4, -0.2) is 55.2 Å². The highest BCUT2D eigenvalue weighted by molar-refractivity contribution is 5.38. The van der Waals surface area contributed by atoms with Crippen molar-refractivity contribution >= 4 is 5.82 Å². The molecule has 0 radical (unpaired) electrons. The Hall–Kier alpha value is -1.13. The molecule has 1 saturated heterocycles. The van der Waals surface area contributed by atoms with Crippen molar-refractivity contribution in [3.63, 3.8) is 0 Å². The van der Waals surface area contributed by atoms with E-state index in [-0.39, 0.29) is 0 Å². The summed E-state index contributed by atoms with van der Waals surface area (Å²) >= 11 is 0. The summed E-state index contributed by atoms with van der Waals surface area (Å²) in [7, 11) is 0. The zero-order valence-electron chi connectivity index (χ0n) is 14.0. The van der Waals surface area contributed by atoms with E-state index in [1.165, 1.54) is 0 Å². The van der Waals surface area contributed by atoms with Crippen LogP contribution in [0.5, 0.6) is 0 Å². The first-order chi connectivity index (χ1) is 10.0. The van der Waals surface area contributed by atoms with Gasteiger partial charge in [-0.1, -0.05) is 26.8 Å². The summed E-state index contributed by atoms with van der Waals surface area (Å²) in [5.74, 6) is 1.11. The molecule has 1 unspecified atom stereocenters. The monoisotopic (exact) mass is 290 g/mol. The number of anilines is 1. The molecule has 1 N–H and O–H groups in total. The summed E-state index contributed by atoms with van der Waals surface area (Å²) < 4.78 is 0. The minimum Gasteiger partial charge on any atom is -0.354 e. The van der Waals surface area contributed by atoms with Crippen LogP contribution >= 0.6 is 0 Å². The normalized spacial score (nSPS) is 18.8. The molecule has 1 fully saturated rings. The maximum Gasteiger partial charge on any atom is 0.128 e. The van der Waals surface area contributed by atoms with Crippen LogP contribution in [0.3, 0.4) is 0 Å². The van der Waals surface area contributed by atoms with Gasteiger partial charge in [0.05, 0.1) is 0 Å². The molecule has 1 aliphatic rings. The second kappa shape index (κ2) is 7.23. The van der Waals surface area contributed by atoms with Gasteiger partial charge in [-0.15, -0.1) is 0 Å². The van der Waals surface area contributed by atoms with Gasteiger partial charge in [0, 0.05) is 45.0 Å².